The summed E-state index contributed by atoms with van der Waals surface area (Å²) in [6.45, 7) is 3.19. The molecule has 0 saturated heterocycles. The van der Waals surface area contributed by atoms with Crippen LogP contribution >= 0.6 is 11.3 Å². The summed E-state index contributed by atoms with van der Waals surface area (Å²) < 4.78 is 10.6. The van der Waals surface area contributed by atoms with Crippen molar-refractivity contribution in [2.75, 3.05) is 19.0 Å². The number of hydrogen-bond donors (Lipinski definition) is 1. The zero-order valence-electron chi connectivity index (χ0n) is 12.5. The first-order valence-electron chi connectivity index (χ1n) is 6.53. The van der Waals surface area contributed by atoms with Crippen molar-refractivity contribution < 1.29 is 19.1 Å². The van der Waals surface area contributed by atoms with Crippen LogP contribution < -0.4 is 14.8 Å². The number of hydrogen-bond acceptors (Lipinski definition) is 6. The number of nitrogens with one attached hydrogen (secondary N) is 1. The number of aryl methyl sites for hydroxylation is 1. The van der Waals surface area contributed by atoms with E-state index in [0.717, 1.165) is 5.56 Å². The molecule has 0 saturated carbocycles. The minimum Gasteiger partial charge on any atom is -0.493 e. The van der Waals surface area contributed by atoms with Crippen LogP contribution in [0.5, 0.6) is 11.5 Å². The molecular weight excluding hydrogens is 304 g/mol. The highest BCUT2D eigenvalue weighted by atomic mass is 32.1. The lowest BCUT2D eigenvalue weighted by atomic mass is 10.2. The number of methoxy groups -OCH3 is 1. The van der Waals surface area contributed by atoms with Gasteiger partial charge in [0.25, 0.3) is 5.91 Å². The molecule has 22 heavy (non-hydrogen) atoms. The third-order valence-corrected chi connectivity index (χ3v) is 3.55. The Kier molecular flexibility index (Phi) is 5.11. The standard InChI is InChI=1S/C15H16N2O4S/c1-9-4-5-12(13(6-9)20-3)21-7-14(19)17-15-16-11(8-22-15)10(2)18/h4-6,8H,7H2,1-3H3,(H,16,17,19). The summed E-state index contributed by atoms with van der Waals surface area (Å²) in [6.07, 6.45) is 0. The maximum atomic E-state index is 11.8. The number of thiazole rings is 1. The molecule has 6 nitrogen and oxygen atoms in total. The molecule has 0 aliphatic heterocycles. The molecule has 116 valence electrons. The second-order valence-electron chi connectivity index (χ2n) is 4.59. The van der Waals surface area contributed by atoms with Gasteiger partial charge in [-0.05, 0) is 24.6 Å². The van der Waals surface area contributed by atoms with E-state index in [2.05, 4.69) is 10.3 Å². The third-order valence-electron chi connectivity index (χ3n) is 2.79. The number of ether oxygens (including phenoxy) is 2. The van der Waals surface area contributed by atoms with Crippen LogP contribution in [0.4, 0.5) is 5.13 Å². The molecule has 1 amide bonds. The van der Waals surface area contributed by atoms with Crippen molar-refractivity contribution >= 4 is 28.2 Å². The summed E-state index contributed by atoms with van der Waals surface area (Å²) in [5, 5.41) is 4.56. The Labute approximate surface area is 132 Å². The van der Waals surface area contributed by atoms with E-state index in [9.17, 15) is 9.59 Å². The highest BCUT2D eigenvalue weighted by Crippen LogP contribution is 2.27. The van der Waals surface area contributed by atoms with Crippen LogP contribution in [0.1, 0.15) is 23.0 Å². The van der Waals surface area contributed by atoms with Crippen molar-refractivity contribution in [3.05, 3.63) is 34.8 Å². The number of rotatable bonds is 6. The van der Waals surface area contributed by atoms with Crippen LogP contribution in [0.2, 0.25) is 0 Å². The number of aromatic nitrogens is 1. The minimum atomic E-state index is -0.355. The topological polar surface area (TPSA) is 77.5 Å². The molecule has 0 atom stereocenters. The molecule has 1 N–H and O–H groups in total. The molecule has 2 aromatic rings. The molecule has 7 heteroatoms. The first-order valence-corrected chi connectivity index (χ1v) is 7.41. The van der Waals surface area contributed by atoms with Gasteiger partial charge < -0.3 is 9.47 Å². The molecule has 1 aromatic heterocycles. The van der Waals surface area contributed by atoms with Crippen LogP contribution in [0.3, 0.4) is 0 Å². The Morgan fingerprint density at radius 1 is 1.32 bits per heavy atom. The van der Waals surface area contributed by atoms with Crippen molar-refractivity contribution in [1.29, 1.82) is 0 Å². The number of nitrogens with zero attached hydrogens (tertiary/aromatic N) is 1. The first-order chi connectivity index (χ1) is 10.5. The van der Waals surface area contributed by atoms with E-state index in [1.54, 1.807) is 18.6 Å². The van der Waals surface area contributed by atoms with Gasteiger partial charge in [-0.1, -0.05) is 6.07 Å². The highest BCUT2D eigenvalue weighted by Gasteiger charge is 2.11. The Hall–Kier alpha value is -2.41. The van der Waals surface area contributed by atoms with E-state index in [1.807, 2.05) is 19.1 Å². The minimum absolute atomic E-state index is 0.141. The molecular formula is C15H16N2O4S. The van der Waals surface area contributed by atoms with Crippen LogP contribution in [-0.2, 0) is 4.79 Å². The monoisotopic (exact) mass is 320 g/mol. The van der Waals surface area contributed by atoms with Crippen LogP contribution in [-0.4, -0.2) is 30.4 Å². The second-order valence-corrected chi connectivity index (χ2v) is 5.44. The molecule has 0 aliphatic rings. The number of Topliss-reactive ketones (excluding diaryl/α,β-unsaturated/α-hetero) is 1. The molecule has 0 radical (unpaired) electrons. The van der Waals surface area contributed by atoms with E-state index in [4.69, 9.17) is 9.47 Å². The van der Waals surface area contributed by atoms with Gasteiger partial charge in [-0.25, -0.2) is 4.98 Å². The predicted molar refractivity (Wildman–Crippen MR) is 84.0 cm³/mol. The van der Waals surface area contributed by atoms with Crippen molar-refractivity contribution in [2.24, 2.45) is 0 Å². The smallest absolute Gasteiger partial charge is 0.264 e. The second kappa shape index (κ2) is 7.04. The third kappa shape index (κ3) is 4.05. The lowest BCUT2D eigenvalue weighted by Gasteiger charge is -2.10. The van der Waals surface area contributed by atoms with Crippen molar-refractivity contribution in [3.63, 3.8) is 0 Å². The fourth-order valence-electron chi connectivity index (χ4n) is 1.69. The normalized spacial score (nSPS) is 10.1. The number of carbonyl (C=O) groups excluding carboxylic acids is 2. The fraction of sp³-hybridized carbons (Fsp3) is 0.267. The molecule has 1 heterocycles. The van der Waals surface area contributed by atoms with E-state index < -0.39 is 0 Å². The van der Waals surface area contributed by atoms with E-state index in [-0.39, 0.29) is 18.3 Å². The summed E-state index contributed by atoms with van der Waals surface area (Å²) in [4.78, 5) is 27.0. The summed E-state index contributed by atoms with van der Waals surface area (Å²) in [6, 6.07) is 5.45. The Morgan fingerprint density at radius 2 is 2.09 bits per heavy atom. The van der Waals surface area contributed by atoms with Gasteiger partial charge in [0, 0.05) is 12.3 Å². The number of benzene rings is 1. The van der Waals surface area contributed by atoms with Gasteiger partial charge in [-0.2, -0.15) is 0 Å². The summed E-state index contributed by atoms with van der Waals surface area (Å²) in [5.74, 6) is 0.567. The number of anilines is 1. The molecule has 2 rings (SSSR count). The Morgan fingerprint density at radius 3 is 2.73 bits per heavy atom. The molecule has 0 fully saturated rings. The van der Waals surface area contributed by atoms with Gasteiger partial charge in [0.05, 0.1) is 7.11 Å². The lowest BCUT2D eigenvalue weighted by Crippen LogP contribution is -2.20. The first kappa shape index (κ1) is 16.0. The molecule has 0 aliphatic carbocycles. The largest absolute Gasteiger partial charge is 0.493 e. The zero-order chi connectivity index (χ0) is 16.1. The summed E-state index contributed by atoms with van der Waals surface area (Å²) in [5.41, 5.74) is 1.37. The average Bonchev–Trinajstić information content (AvgIpc) is 2.94. The van der Waals surface area contributed by atoms with Gasteiger partial charge in [-0.15, -0.1) is 11.3 Å². The van der Waals surface area contributed by atoms with E-state index in [1.165, 1.54) is 18.3 Å². The lowest BCUT2D eigenvalue weighted by molar-refractivity contribution is -0.118. The number of ketones is 1. The van der Waals surface area contributed by atoms with Crippen LogP contribution in [0, 0.1) is 6.92 Å². The Balaban J connectivity index is 1.93. The maximum Gasteiger partial charge on any atom is 0.264 e. The fourth-order valence-corrected chi connectivity index (χ4v) is 2.45. The molecule has 0 spiro atoms. The quantitative estimate of drug-likeness (QED) is 0.828. The average molecular weight is 320 g/mol. The van der Waals surface area contributed by atoms with Crippen LogP contribution in [0.25, 0.3) is 0 Å². The van der Waals surface area contributed by atoms with Crippen LogP contribution in [0.15, 0.2) is 23.6 Å². The van der Waals surface area contributed by atoms with Gasteiger partial charge >= 0.3 is 0 Å². The predicted octanol–water partition coefficient (Wildman–Crippen LogP) is 2.68. The molecule has 1 aromatic carbocycles. The number of amides is 1. The SMILES string of the molecule is COc1cc(C)ccc1OCC(=O)Nc1nc(C(C)=O)cs1. The van der Waals surface area contributed by atoms with Gasteiger partial charge in [0.1, 0.15) is 5.69 Å². The van der Waals surface area contributed by atoms with Gasteiger partial charge in [0.2, 0.25) is 0 Å². The van der Waals surface area contributed by atoms with E-state index in [0.29, 0.717) is 22.3 Å². The van der Waals surface area contributed by atoms with E-state index >= 15 is 0 Å². The Bertz CT molecular complexity index is 697. The summed E-state index contributed by atoms with van der Waals surface area (Å²) >= 11 is 1.19. The highest BCUT2D eigenvalue weighted by molar-refractivity contribution is 7.14. The van der Waals surface area contributed by atoms with Crippen molar-refractivity contribution in [3.8, 4) is 11.5 Å². The molecule has 0 bridgehead atoms. The van der Waals surface area contributed by atoms with Gasteiger partial charge in [-0.3, -0.25) is 14.9 Å². The molecule has 0 unspecified atom stereocenters. The number of carbonyl (C=O) groups is 2. The van der Waals surface area contributed by atoms with Gasteiger partial charge in [0.15, 0.2) is 29.0 Å². The van der Waals surface area contributed by atoms with Crippen molar-refractivity contribution in [1.82, 2.24) is 4.98 Å². The zero-order valence-corrected chi connectivity index (χ0v) is 13.3. The van der Waals surface area contributed by atoms with Crippen molar-refractivity contribution in [2.45, 2.75) is 13.8 Å². The maximum absolute atomic E-state index is 11.8. The summed E-state index contributed by atoms with van der Waals surface area (Å²) in [7, 11) is 1.54.